The van der Waals surface area contributed by atoms with Gasteiger partial charge in [0, 0.05) is 34.7 Å². The molecule has 0 aliphatic rings. The molecule has 0 amide bonds. The molecule has 0 saturated carbocycles. The van der Waals surface area contributed by atoms with Crippen LogP contribution in [0.2, 0.25) is 5.02 Å². The van der Waals surface area contributed by atoms with Crippen LogP contribution in [0, 0.1) is 0 Å². The van der Waals surface area contributed by atoms with Crippen LogP contribution in [0.4, 0.5) is 0 Å². The van der Waals surface area contributed by atoms with Crippen LogP contribution in [0.1, 0.15) is 0 Å². The minimum absolute atomic E-state index is 0.694. The van der Waals surface area contributed by atoms with Gasteiger partial charge in [-0.05, 0) is 85.8 Å². The SMILES string of the molecule is Clc1cc(-c2ccc(-c3cccnc3)nc2)cc(-c2c3ccccc3c(-c3ccccc3)c3ccccc23)c1. The molecular weight excluding hydrogens is 496 g/mol. The molecule has 2 nitrogen and oxygen atoms in total. The lowest BCUT2D eigenvalue weighted by molar-refractivity contribution is 1.28. The van der Waals surface area contributed by atoms with Gasteiger partial charge in [0.15, 0.2) is 0 Å². The van der Waals surface area contributed by atoms with Crippen molar-refractivity contribution in [2.24, 2.45) is 0 Å². The fourth-order valence-electron chi connectivity index (χ4n) is 5.51. The molecule has 39 heavy (non-hydrogen) atoms. The number of aromatic nitrogens is 2. The average Bonchev–Trinajstić information content (AvgIpc) is 3.00. The van der Waals surface area contributed by atoms with Crippen LogP contribution in [0.15, 0.2) is 140 Å². The average molecular weight is 519 g/mol. The molecule has 0 N–H and O–H groups in total. The van der Waals surface area contributed by atoms with Crippen molar-refractivity contribution in [1.82, 2.24) is 9.97 Å². The summed E-state index contributed by atoms with van der Waals surface area (Å²) in [5.74, 6) is 0. The summed E-state index contributed by atoms with van der Waals surface area (Å²) >= 11 is 6.78. The Balaban J connectivity index is 1.44. The predicted molar refractivity (Wildman–Crippen MR) is 164 cm³/mol. The summed E-state index contributed by atoms with van der Waals surface area (Å²) in [6.45, 7) is 0. The Labute approximate surface area is 232 Å². The van der Waals surface area contributed by atoms with Crippen molar-refractivity contribution in [1.29, 1.82) is 0 Å². The lowest BCUT2D eigenvalue weighted by Crippen LogP contribution is -1.91. The number of halogens is 1. The van der Waals surface area contributed by atoms with Gasteiger partial charge in [-0.25, -0.2) is 0 Å². The van der Waals surface area contributed by atoms with Gasteiger partial charge in [0.25, 0.3) is 0 Å². The number of pyridine rings is 2. The van der Waals surface area contributed by atoms with Gasteiger partial charge in [-0.1, -0.05) is 96.5 Å². The van der Waals surface area contributed by atoms with E-state index in [1.807, 2.05) is 36.7 Å². The van der Waals surface area contributed by atoms with Crippen molar-refractivity contribution in [3.8, 4) is 44.6 Å². The van der Waals surface area contributed by atoms with Gasteiger partial charge in [0.1, 0.15) is 0 Å². The smallest absolute Gasteiger partial charge is 0.0717 e. The van der Waals surface area contributed by atoms with Crippen LogP contribution in [0.5, 0.6) is 0 Å². The second-order valence-corrected chi connectivity index (χ2v) is 10.0. The molecule has 5 aromatic carbocycles. The Hall–Kier alpha value is -4.79. The molecule has 3 heteroatoms. The third kappa shape index (κ3) is 4.25. The first-order valence-electron chi connectivity index (χ1n) is 12.9. The molecule has 7 rings (SSSR count). The molecule has 0 fully saturated rings. The first-order valence-corrected chi connectivity index (χ1v) is 13.3. The topological polar surface area (TPSA) is 25.8 Å². The van der Waals surface area contributed by atoms with E-state index in [4.69, 9.17) is 16.6 Å². The highest BCUT2D eigenvalue weighted by atomic mass is 35.5. The van der Waals surface area contributed by atoms with Crippen LogP contribution < -0.4 is 0 Å². The van der Waals surface area contributed by atoms with E-state index in [9.17, 15) is 0 Å². The van der Waals surface area contributed by atoms with Gasteiger partial charge in [-0.15, -0.1) is 0 Å². The number of fused-ring (bicyclic) bond motifs is 2. The minimum Gasteiger partial charge on any atom is -0.264 e. The number of hydrogen-bond acceptors (Lipinski definition) is 2. The molecule has 184 valence electrons. The summed E-state index contributed by atoms with van der Waals surface area (Å²) in [5, 5.41) is 5.55. The van der Waals surface area contributed by atoms with E-state index >= 15 is 0 Å². The Morgan fingerprint density at radius 3 is 1.62 bits per heavy atom. The number of benzene rings is 5. The van der Waals surface area contributed by atoms with Gasteiger partial charge in [-0.3, -0.25) is 9.97 Å². The van der Waals surface area contributed by atoms with Crippen molar-refractivity contribution >= 4 is 33.1 Å². The van der Waals surface area contributed by atoms with Crippen LogP contribution in [0.25, 0.3) is 66.2 Å². The second-order valence-electron chi connectivity index (χ2n) is 9.61. The van der Waals surface area contributed by atoms with Crippen molar-refractivity contribution in [3.05, 3.63) is 145 Å². The molecule has 0 spiro atoms. The van der Waals surface area contributed by atoms with E-state index < -0.39 is 0 Å². The van der Waals surface area contributed by atoms with Crippen LogP contribution in [0.3, 0.4) is 0 Å². The molecule has 0 bridgehead atoms. The quantitative estimate of drug-likeness (QED) is 0.216. The van der Waals surface area contributed by atoms with Gasteiger partial charge in [-0.2, -0.15) is 0 Å². The zero-order valence-corrected chi connectivity index (χ0v) is 21.8. The summed E-state index contributed by atoms with van der Waals surface area (Å²) in [6, 6.07) is 42.4. The molecule has 0 saturated heterocycles. The molecule has 0 radical (unpaired) electrons. The van der Waals surface area contributed by atoms with E-state index in [-0.39, 0.29) is 0 Å². The number of hydrogen-bond donors (Lipinski definition) is 0. The molecule has 0 aliphatic carbocycles. The third-order valence-corrected chi connectivity index (χ3v) is 7.45. The van der Waals surface area contributed by atoms with Crippen LogP contribution in [-0.2, 0) is 0 Å². The summed E-state index contributed by atoms with van der Waals surface area (Å²) in [6.07, 6.45) is 5.51. The molecule has 2 heterocycles. The van der Waals surface area contributed by atoms with Gasteiger partial charge < -0.3 is 0 Å². The summed E-state index contributed by atoms with van der Waals surface area (Å²) in [5.41, 5.74) is 8.66. The Kier molecular flexibility index (Phi) is 5.88. The van der Waals surface area contributed by atoms with Crippen molar-refractivity contribution in [2.45, 2.75) is 0 Å². The van der Waals surface area contributed by atoms with Crippen molar-refractivity contribution in [2.75, 3.05) is 0 Å². The lowest BCUT2D eigenvalue weighted by atomic mass is 9.85. The van der Waals surface area contributed by atoms with Crippen molar-refractivity contribution < 1.29 is 0 Å². The van der Waals surface area contributed by atoms with Gasteiger partial charge in [0.05, 0.1) is 5.69 Å². The number of rotatable bonds is 4. The summed E-state index contributed by atoms with van der Waals surface area (Å²) in [4.78, 5) is 8.94. The zero-order valence-electron chi connectivity index (χ0n) is 21.1. The van der Waals surface area contributed by atoms with Crippen molar-refractivity contribution in [3.63, 3.8) is 0 Å². The largest absolute Gasteiger partial charge is 0.264 e. The standard InChI is InChI=1S/C36H23ClN2/c37-29-20-27(25-16-17-34(39-23-25)26-11-8-18-38-22-26)19-28(21-29)36-32-14-6-4-12-30(32)35(24-9-2-1-3-10-24)31-13-5-7-15-33(31)36/h1-23H. The predicted octanol–water partition coefficient (Wildman–Crippen LogP) is 10.1. The molecule has 0 unspecified atom stereocenters. The second kappa shape index (κ2) is 9.83. The Bertz CT molecular complexity index is 1890. The van der Waals surface area contributed by atoms with Crippen LogP contribution in [-0.4, -0.2) is 9.97 Å². The van der Waals surface area contributed by atoms with E-state index in [2.05, 4.69) is 102 Å². The maximum Gasteiger partial charge on any atom is 0.0717 e. The molecule has 0 atom stereocenters. The maximum atomic E-state index is 6.78. The minimum atomic E-state index is 0.694. The lowest BCUT2D eigenvalue weighted by Gasteiger charge is -2.18. The normalized spacial score (nSPS) is 11.2. The van der Waals surface area contributed by atoms with E-state index in [0.717, 1.165) is 27.9 Å². The summed E-state index contributed by atoms with van der Waals surface area (Å²) in [7, 11) is 0. The summed E-state index contributed by atoms with van der Waals surface area (Å²) < 4.78 is 0. The highest BCUT2D eigenvalue weighted by molar-refractivity contribution is 6.31. The van der Waals surface area contributed by atoms with E-state index in [0.29, 0.717) is 5.02 Å². The highest BCUT2D eigenvalue weighted by Crippen LogP contribution is 2.44. The first-order chi connectivity index (χ1) is 19.3. The third-order valence-electron chi connectivity index (χ3n) is 7.23. The number of nitrogens with zero attached hydrogens (tertiary/aromatic N) is 2. The van der Waals surface area contributed by atoms with Crippen LogP contribution >= 0.6 is 11.6 Å². The molecular formula is C36H23ClN2. The monoisotopic (exact) mass is 518 g/mol. The highest BCUT2D eigenvalue weighted by Gasteiger charge is 2.17. The Morgan fingerprint density at radius 1 is 0.436 bits per heavy atom. The molecule has 7 aromatic rings. The van der Waals surface area contributed by atoms with Gasteiger partial charge >= 0.3 is 0 Å². The molecule has 0 aliphatic heterocycles. The van der Waals surface area contributed by atoms with E-state index in [1.54, 1.807) is 6.20 Å². The van der Waals surface area contributed by atoms with Gasteiger partial charge in [0.2, 0.25) is 0 Å². The maximum absolute atomic E-state index is 6.78. The fraction of sp³-hybridized carbons (Fsp3) is 0. The first kappa shape index (κ1) is 23.3. The fourth-order valence-corrected chi connectivity index (χ4v) is 5.74. The van der Waals surface area contributed by atoms with E-state index in [1.165, 1.54) is 38.2 Å². The zero-order chi connectivity index (χ0) is 26.2. The Morgan fingerprint density at radius 2 is 1.03 bits per heavy atom. The molecule has 2 aromatic heterocycles.